The van der Waals surface area contributed by atoms with Gasteiger partial charge in [0.2, 0.25) is 0 Å². The highest BCUT2D eigenvalue weighted by molar-refractivity contribution is 5.70. The quantitative estimate of drug-likeness (QED) is 0.0346. The molecule has 0 rings (SSSR count). The van der Waals surface area contributed by atoms with Crippen molar-refractivity contribution < 1.29 is 23.8 Å². The normalized spacial score (nSPS) is 13.4. The van der Waals surface area contributed by atoms with Crippen LogP contribution >= 0.6 is 0 Å². The third-order valence-electron chi connectivity index (χ3n) is 10.9. The molecular weight excluding hydrogens is 837 g/mol. The van der Waals surface area contributed by atoms with Crippen molar-refractivity contribution in [2.75, 3.05) is 19.8 Å². The molecule has 0 saturated carbocycles. The van der Waals surface area contributed by atoms with Crippen molar-refractivity contribution in [3.63, 3.8) is 0 Å². The fourth-order valence-corrected chi connectivity index (χ4v) is 6.92. The fourth-order valence-electron chi connectivity index (χ4n) is 6.92. The van der Waals surface area contributed by atoms with E-state index < -0.39 is 6.10 Å². The molecule has 1 atom stereocenters. The molecule has 0 saturated heterocycles. The van der Waals surface area contributed by atoms with E-state index in [0.717, 1.165) is 122 Å². The maximum atomic E-state index is 12.8. The highest BCUT2D eigenvalue weighted by Gasteiger charge is 2.17. The molecule has 0 aliphatic heterocycles. The van der Waals surface area contributed by atoms with Crippen LogP contribution in [0.3, 0.4) is 0 Å². The predicted molar refractivity (Wildman–Crippen MR) is 297 cm³/mol. The van der Waals surface area contributed by atoms with Crippen LogP contribution in [0.25, 0.3) is 0 Å². The van der Waals surface area contributed by atoms with Crippen LogP contribution in [0.15, 0.2) is 146 Å². The smallest absolute Gasteiger partial charge is 0.306 e. The molecule has 0 amide bonds. The molecular formula is C63H100O5. The van der Waals surface area contributed by atoms with E-state index in [1.54, 1.807) is 0 Å². The first kappa shape index (κ1) is 63.8. The molecule has 0 spiro atoms. The number of unbranched alkanes of at least 4 members (excludes halogenated alkanes) is 13. The van der Waals surface area contributed by atoms with Gasteiger partial charge in [-0.2, -0.15) is 0 Å². The van der Waals surface area contributed by atoms with E-state index >= 15 is 0 Å². The Hall–Kier alpha value is -4.22. The Balaban J connectivity index is 4.46. The third-order valence-corrected chi connectivity index (χ3v) is 10.9. The van der Waals surface area contributed by atoms with Gasteiger partial charge in [0, 0.05) is 19.4 Å². The van der Waals surface area contributed by atoms with Crippen molar-refractivity contribution in [1.82, 2.24) is 0 Å². The first-order chi connectivity index (χ1) is 33.6. The minimum atomic E-state index is -0.592. The lowest BCUT2D eigenvalue weighted by atomic mass is 10.1. The molecule has 1 unspecified atom stereocenters. The van der Waals surface area contributed by atoms with Gasteiger partial charge < -0.3 is 14.2 Å². The molecule has 0 aromatic heterocycles. The molecule has 0 fully saturated rings. The summed E-state index contributed by atoms with van der Waals surface area (Å²) < 4.78 is 17.4. The summed E-state index contributed by atoms with van der Waals surface area (Å²) in [5, 5.41) is 0. The number of allylic oxidation sites excluding steroid dienone is 24. The average molecular weight is 937 g/mol. The zero-order chi connectivity index (χ0) is 49.2. The van der Waals surface area contributed by atoms with Crippen LogP contribution in [-0.4, -0.2) is 37.9 Å². The summed E-state index contributed by atoms with van der Waals surface area (Å²) >= 11 is 0. The summed E-state index contributed by atoms with van der Waals surface area (Å²) in [5.41, 5.74) is 0. The predicted octanol–water partition coefficient (Wildman–Crippen LogP) is 18.9. The van der Waals surface area contributed by atoms with Gasteiger partial charge in [-0.15, -0.1) is 0 Å². The molecule has 0 aliphatic rings. The van der Waals surface area contributed by atoms with Gasteiger partial charge in [0.15, 0.2) is 6.10 Å². The first-order valence-corrected chi connectivity index (χ1v) is 27.4. The molecule has 68 heavy (non-hydrogen) atoms. The molecule has 0 aromatic carbocycles. The van der Waals surface area contributed by atoms with E-state index in [1.165, 1.54) is 51.4 Å². The molecule has 0 aliphatic carbocycles. The van der Waals surface area contributed by atoms with Crippen LogP contribution in [0.2, 0.25) is 0 Å². The Kier molecular flexibility index (Phi) is 53.6. The Bertz CT molecular complexity index is 1480. The van der Waals surface area contributed by atoms with Gasteiger partial charge >= 0.3 is 11.9 Å². The van der Waals surface area contributed by atoms with Crippen LogP contribution in [0.4, 0.5) is 0 Å². The highest BCUT2D eigenvalue weighted by Crippen LogP contribution is 2.13. The van der Waals surface area contributed by atoms with Crippen molar-refractivity contribution in [1.29, 1.82) is 0 Å². The summed E-state index contributed by atoms with van der Waals surface area (Å²) in [7, 11) is 0. The van der Waals surface area contributed by atoms with Crippen LogP contribution < -0.4 is 0 Å². The molecule has 0 N–H and O–H groups in total. The molecule has 5 nitrogen and oxygen atoms in total. The van der Waals surface area contributed by atoms with E-state index in [-0.39, 0.29) is 25.2 Å². The fraction of sp³-hybridized carbons (Fsp3) is 0.587. The molecule has 5 heteroatoms. The Morgan fingerprint density at radius 3 is 1.04 bits per heavy atom. The van der Waals surface area contributed by atoms with E-state index in [2.05, 4.69) is 161 Å². The average Bonchev–Trinajstić information content (AvgIpc) is 3.34. The molecule has 0 bridgehead atoms. The maximum Gasteiger partial charge on any atom is 0.306 e. The zero-order valence-electron chi connectivity index (χ0n) is 43.8. The van der Waals surface area contributed by atoms with Crippen molar-refractivity contribution in [3.05, 3.63) is 146 Å². The molecule has 0 radical (unpaired) electrons. The van der Waals surface area contributed by atoms with Crippen molar-refractivity contribution >= 4 is 11.9 Å². The molecule has 0 heterocycles. The van der Waals surface area contributed by atoms with Gasteiger partial charge in [-0.25, -0.2) is 0 Å². The van der Waals surface area contributed by atoms with E-state index in [1.807, 2.05) is 6.08 Å². The summed E-state index contributed by atoms with van der Waals surface area (Å²) in [6.07, 6.45) is 83.0. The van der Waals surface area contributed by atoms with Crippen LogP contribution in [0.5, 0.6) is 0 Å². The number of esters is 2. The minimum absolute atomic E-state index is 0.0251. The van der Waals surface area contributed by atoms with Crippen LogP contribution in [0.1, 0.15) is 213 Å². The number of carbonyl (C=O) groups excluding carboxylic acids is 2. The second-order valence-corrected chi connectivity index (χ2v) is 17.3. The summed E-state index contributed by atoms with van der Waals surface area (Å²) in [5.74, 6) is -0.528. The first-order valence-electron chi connectivity index (χ1n) is 27.4. The van der Waals surface area contributed by atoms with Gasteiger partial charge in [0.05, 0.1) is 6.61 Å². The molecule has 382 valence electrons. The lowest BCUT2D eigenvalue weighted by Gasteiger charge is -2.18. The Labute approximate surface area is 419 Å². The maximum absolute atomic E-state index is 12.8. The van der Waals surface area contributed by atoms with Gasteiger partial charge in [0.1, 0.15) is 6.61 Å². The standard InChI is InChI=1S/C63H100O5/c1-4-7-10-13-16-19-22-25-28-30-32-33-36-38-41-44-47-50-53-56-62(64)67-60-61(68-63(65)57-54-51-48-45-42-39-35-27-24-21-18-15-12-9-6-3)59-66-58-55-52-49-46-43-40-37-34-31-29-26-23-20-17-14-11-8-5-2/h7-12,16-21,25-29,32-33,35,38,41,47,50,61H,4-6,13-15,22-24,30-31,34,36-37,39-40,42-46,48-49,51-60H2,1-3H3/b10-7-,11-8-,12-9-,19-16-,20-17-,21-18-,28-25-,29-26-,33-32-,35-27-,41-38-,50-47-. The van der Waals surface area contributed by atoms with E-state index in [0.29, 0.717) is 25.9 Å². The summed E-state index contributed by atoms with van der Waals surface area (Å²) in [4.78, 5) is 25.4. The number of rotatable bonds is 48. The van der Waals surface area contributed by atoms with Gasteiger partial charge in [-0.05, 0) is 122 Å². The van der Waals surface area contributed by atoms with Crippen molar-refractivity contribution in [2.24, 2.45) is 0 Å². The SMILES string of the molecule is CC/C=C\C/C=C\C/C=C\C/C=C\C/C=C\C/C=C\CCC(=O)OCC(COCCCCCCCCCC/C=C\C/C=C\C/C=C\CC)OC(=O)CCCCCCC/C=C\C/C=C\C/C=C\CC. The topological polar surface area (TPSA) is 61.8 Å². The second-order valence-electron chi connectivity index (χ2n) is 17.3. The lowest BCUT2D eigenvalue weighted by Crippen LogP contribution is -2.30. The van der Waals surface area contributed by atoms with E-state index in [4.69, 9.17) is 14.2 Å². The highest BCUT2D eigenvalue weighted by atomic mass is 16.6. The van der Waals surface area contributed by atoms with Crippen LogP contribution in [-0.2, 0) is 23.8 Å². The molecule has 0 aromatic rings. The monoisotopic (exact) mass is 937 g/mol. The largest absolute Gasteiger partial charge is 0.462 e. The van der Waals surface area contributed by atoms with Crippen molar-refractivity contribution in [2.45, 2.75) is 219 Å². The third kappa shape index (κ3) is 54.4. The number of ether oxygens (including phenoxy) is 3. The number of carbonyl (C=O) groups is 2. The summed E-state index contributed by atoms with van der Waals surface area (Å²) in [6, 6.07) is 0. The minimum Gasteiger partial charge on any atom is -0.462 e. The Morgan fingerprint density at radius 2 is 0.647 bits per heavy atom. The van der Waals surface area contributed by atoms with Gasteiger partial charge in [0.25, 0.3) is 0 Å². The number of hydrogen-bond acceptors (Lipinski definition) is 5. The van der Waals surface area contributed by atoms with Crippen LogP contribution in [0, 0.1) is 0 Å². The van der Waals surface area contributed by atoms with Crippen molar-refractivity contribution in [3.8, 4) is 0 Å². The lowest BCUT2D eigenvalue weighted by molar-refractivity contribution is -0.162. The van der Waals surface area contributed by atoms with Gasteiger partial charge in [-0.1, -0.05) is 224 Å². The summed E-state index contributed by atoms with van der Waals surface area (Å²) in [6.45, 7) is 7.36. The number of hydrogen-bond donors (Lipinski definition) is 0. The second kappa shape index (κ2) is 57.1. The Morgan fingerprint density at radius 1 is 0.324 bits per heavy atom. The zero-order valence-corrected chi connectivity index (χ0v) is 43.8. The van der Waals surface area contributed by atoms with Gasteiger partial charge in [-0.3, -0.25) is 9.59 Å². The van der Waals surface area contributed by atoms with E-state index in [9.17, 15) is 9.59 Å².